The molecule has 0 atom stereocenters. The summed E-state index contributed by atoms with van der Waals surface area (Å²) in [5, 5.41) is 19.3. The van der Waals surface area contributed by atoms with Crippen LogP contribution in [0.15, 0.2) is 76.4 Å². The standard InChI is InChI=1S/C38H33BF6N2O2/c1-6-27-20(3)37(46-29(27)18-12-23-8-14-25(48)15-9-23)32(31-33(40)22(5)34(41)36(43)35(31)42)38-21(4)28(7-2)30(47(38)39(44)45)19-13-24-10-16-26(49)17-11-24/h8-19,48-49H,6-7H2,1-5H3/b18-12+,19-13+,37-32-. The van der Waals surface area contributed by atoms with Crippen LogP contribution in [0.1, 0.15) is 72.0 Å². The molecule has 4 nitrogen and oxygen atoms in total. The number of phenolic OH excluding ortho intramolecular Hbond substituents is 2. The first-order chi connectivity index (χ1) is 23.3. The molecule has 0 radical (unpaired) electrons. The molecule has 0 unspecified atom stereocenters. The van der Waals surface area contributed by atoms with Crippen LogP contribution < -0.4 is 0 Å². The van der Waals surface area contributed by atoms with Crippen molar-refractivity contribution in [1.82, 2.24) is 4.48 Å². The molecule has 2 heterocycles. The smallest absolute Gasteiger partial charge is 0.508 e. The third-order valence-electron chi connectivity index (χ3n) is 8.73. The molecule has 0 aliphatic carbocycles. The fourth-order valence-electron chi connectivity index (χ4n) is 6.19. The second-order valence-electron chi connectivity index (χ2n) is 11.6. The first-order valence-electron chi connectivity index (χ1n) is 15.6. The predicted octanol–water partition coefficient (Wildman–Crippen LogP) is 10.2. The molecule has 1 aliphatic rings. The van der Waals surface area contributed by atoms with Gasteiger partial charge >= 0.3 is 7.40 Å². The van der Waals surface area contributed by atoms with Gasteiger partial charge in [0.25, 0.3) is 0 Å². The van der Waals surface area contributed by atoms with Gasteiger partial charge in [0, 0.05) is 22.5 Å². The summed E-state index contributed by atoms with van der Waals surface area (Å²) in [6.45, 7) is 7.71. The van der Waals surface area contributed by atoms with Crippen LogP contribution >= 0.6 is 0 Å². The average Bonchev–Trinajstić information content (AvgIpc) is 3.55. The first-order valence-corrected chi connectivity index (χ1v) is 15.6. The van der Waals surface area contributed by atoms with Crippen molar-refractivity contribution in [1.29, 1.82) is 0 Å². The fraction of sp³-hybridized carbons (Fsp3) is 0.184. The largest absolute Gasteiger partial charge is 0.678 e. The number of aromatic nitrogens is 1. The number of phenols is 2. The quantitative estimate of drug-likeness (QED) is 0.0804. The summed E-state index contributed by atoms with van der Waals surface area (Å²) in [5.74, 6) is -6.86. The molecule has 0 spiro atoms. The number of halogens is 6. The molecule has 0 fully saturated rings. The molecular formula is C38H33BF6N2O2. The molecular weight excluding hydrogens is 641 g/mol. The van der Waals surface area contributed by atoms with Crippen molar-refractivity contribution in [2.24, 2.45) is 4.99 Å². The Balaban J connectivity index is 1.89. The van der Waals surface area contributed by atoms with E-state index < -0.39 is 47.4 Å². The number of hydrogen-bond donors (Lipinski definition) is 2. The lowest BCUT2D eigenvalue weighted by atomic mass is 9.90. The summed E-state index contributed by atoms with van der Waals surface area (Å²) in [5.41, 5.74) is 0.879. The normalized spacial score (nSPS) is 14.5. The highest BCUT2D eigenvalue weighted by Gasteiger charge is 2.37. The number of hydrogen-bond acceptors (Lipinski definition) is 3. The van der Waals surface area contributed by atoms with Crippen LogP contribution in [0.2, 0.25) is 0 Å². The molecule has 49 heavy (non-hydrogen) atoms. The molecule has 0 amide bonds. The van der Waals surface area contributed by atoms with E-state index in [4.69, 9.17) is 4.99 Å². The van der Waals surface area contributed by atoms with Gasteiger partial charge < -0.3 is 14.7 Å². The van der Waals surface area contributed by atoms with E-state index in [1.807, 2.05) is 6.92 Å². The van der Waals surface area contributed by atoms with Crippen LogP contribution in [0.5, 0.6) is 11.5 Å². The molecule has 2 N–H and O–H groups in total. The van der Waals surface area contributed by atoms with E-state index in [2.05, 4.69) is 0 Å². The Morgan fingerprint density at radius 1 is 0.714 bits per heavy atom. The molecule has 252 valence electrons. The lowest BCUT2D eigenvalue weighted by Crippen LogP contribution is -2.20. The van der Waals surface area contributed by atoms with Gasteiger partial charge in [0.15, 0.2) is 17.5 Å². The summed E-state index contributed by atoms with van der Waals surface area (Å²) in [4.78, 5) is 4.72. The van der Waals surface area contributed by atoms with Crippen molar-refractivity contribution in [3.63, 3.8) is 0 Å². The lowest BCUT2D eigenvalue weighted by Gasteiger charge is -2.19. The van der Waals surface area contributed by atoms with E-state index in [-0.39, 0.29) is 40.6 Å². The zero-order valence-corrected chi connectivity index (χ0v) is 27.5. The molecule has 1 aromatic heterocycles. The van der Waals surface area contributed by atoms with E-state index in [0.29, 0.717) is 44.4 Å². The summed E-state index contributed by atoms with van der Waals surface area (Å²) < 4.78 is 93.1. The number of aliphatic imine (C=N–C) groups is 1. The van der Waals surface area contributed by atoms with Gasteiger partial charge in [-0.2, -0.15) is 0 Å². The Morgan fingerprint density at radius 3 is 1.78 bits per heavy atom. The van der Waals surface area contributed by atoms with Crippen molar-refractivity contribution in [3.8, 4) is 11.5 Å². The third kappa shape index (κ3) is 6.49. The minimum atomic E-state index is -3.23. The summed E-state index contributed by atoms with van der Waals surface area (Å²) >= 11 is 0. The lowest BCUT2D eigenvalue weighted by molar-refractivity contribution is 0.426. The van der Waals surface area contributed by atoms with Gasteiger partial charge in [-0.25, -0.2) is 22.6 Å². The topological polar surface area (TPSA) is 57.8 Å². The molecule has 3 aromatic carbocycles. The van der Waals surface area contributed by atoms with E-state index in [9.17, 15) is 14.6 Å². The van der Waals surface area contributed by atoms with Crippen molar-refractivity contribution >= 4 is 36.9 Å². The van der Waals surface area contributed by atoms with Crippen LogP contribution in [0.25, 0.3) is 23.8 Å². The van der Waals surface area contributed by atoms with E-state index in [0.717, 1.165) is 6.92 Å². The van der Waals surface area contributed by atoms with E-state index >= 15 is 21.8 Å². The molecule has 5 rings (SSSR count). The SMILES string of the molecule is CCC1=C(C)/C(=C(\c2c(F)c(C)c(F)c(F)c2F)c2c(C)c(CC)c(/C=C/c3ccc(O)cc3)n2B(F)F)N=C1/C=C/c1ccc(O)cc1. The Bertz CT molecular complexity index is 2060. The Labute approximate surface area is 281 Å². The first kappa shape index (κ1) is 35.1. The third-order valence-corrected chi connectivity index (χ3v) is 8.73. The molecule has 0 bridgehead atoms. The second kappa shape index (κ2) is 14.1. The highest BCUT2D eigenvalue weighted by molar-refractivity contribution is 6.42. The minimum absolute atomic E-state index is 0.0203. The van der Waals surface area contributed by atoms with Crippen LogP contribution in [0.4, 0.5) is 26.2 Å². The Hall–Kier alpha value is -5.19. The zero-order valence-electron chi connectivity index (χ0n) is 27.5. The monoisotopic (exact) mass is 674 g/mol. The number of nitrogens with zero attached hydrogens (tertiary/aromatic N) is 2. The molecule has 0 saturated heterocycles. The van der Waals surface area contributed by atoms with Crippen molar-refractivity contribution in [2.75, 3.05) is 0 Å². The number of rotatable bonds is 9. The van der Waals surface area contributed by atoms with Gasteiger partial charge in [-0.1, -0.05) is 50.3 Å². The number of benzene rings is 3. The zero-order chi connectivity index (χ0) is 35.7. The van der Waals surface area contributed by atoms with E-state index in [1.54, 1.807) is 56.3 Å². The van der Waals surface area contributed by atoms with Crippen LogP contribution in [0.3, 0.4) is 0 Å². The minimum Gasteiger partial charge on any atom is -0.508 e. The van der Waals surface area contributed by atoms with Gasteiger partial charge in [0.1, 0.15) is 17.3 Å². The highest BCUT2D eigenvalue weighted by Crippen LogP contribution is 2.44. The fourth-order valence-corrected chi connectivity index (χ4v) is 6.19. The van der Waals surface area contributed by atoms with Crippen molar-refractivity contribution in [3.05, 3.63) is 139 Å². The van der Waals surface area contributed by atoms with Gasteiger partial charge in [-0.3, -0.25) is 8.63 Å². The second-order valence-corrected chi connectivity index (χ2v) is 11.6. The van der Waals surface area contributed by atoms with Gasteiger partial charge in [-0.15, -0.1) is 0 Å². The van der Waals surface area contributed by atoms with Crippen molar-refractivity contribution < 1.29 is 36.4 Å². The van der Waals surface area contributed by atoms with E-state index in [1.165, 1.54) is 37.3 Å². The highest BCUT2D eigenvalue weighted by atomic mass is 19.2. The predicted molar refractivity (Wildman–Crippen MR) is 184 cm³/mol. The van der Waals surface area contributed by atoms with Gasteiger partial charge in [0.2, 0.25) is 0 Å². The average molecular weight is 674 g/mol. The van der Waals surface area contributed by atoms with Crippen LogP contribution in [0, 0.1) is 37.1 Å². The maximum Gasteiger partial charge on any atom is 0.678 e. The molecule has 1 aliphatic heterocycles. The van der Waals surface area contributed by atoms with Crippen molar-refractivity contribution in [2.45, 2.75) is 47.5 Å². The maximum absolute atomic E-state index is 16.1. The summed E-state index contributed by atoms with van der Waals surface area (Å²) in [7, 11) is -3.23. The van der Waals surface area contributed by atoms with Crippen LogP contribution in [-0.2, 0) is 6.42 Å². The summed E-state index contributed by atoms with van der Waals surface area (Å²) in [6, 6.07) is 12.4. The van der Waals surface area contributed by atoms with Gasteiger partial charge in [-0.05, 0) is 103 Å². The molecule has 0 saturated carbocycles. The van der Waals surface area contributed by atoms with Crippen LogP contribution in [-0.4, -0.2) is 27.8 Å². The van der Waals surface area contributed by atoms with Gasteiger partial charge in [0.05, 0.1) is 17.0 Å². The molecule has 4 aromatic rings. The Morgan fingerprint density at radius 2 is 1.27 bits per heavy atom. The molecule has 11 heteroatoms. The maximum atomic E-state index is 16.1. The summed E-state index contributed by atoms with van der Waals surface area (Å²) in [6.07, 6.45) is 7.03. The Kier molecular flexibility index (Phi) is 10.1. The number of allylic oxidation sites excluding steroid dienone is 3. The number of aromatic hydroxyl groups is 2.